The average Bonchev–Trinajstić information content (AvgIpc) is 2.12. The van der Waals surface area contributed by atoms with Crippen LogP contribution in [0.4, 0.5) is 0 Å². The molecular weight excluding hydrogens is 168 g/mol. The predicted octanol–water partition coefficient (Wildman–Crippen LogP) is 0.338. The Bertz CT molecular complexity index is 204. The number of carbonyl (C=O) groups is 2. The minimum absolute atomic E-state index is 0.253. The van der Waals surface area contributed by atoms with Gasteiger partial charge in [0.2, 0.25) is 5.91 Å². The summed E-state index contributed by atoms with van der Waals surface area (Å²) in [6, 6.07) is 0. The molecule has 0 aromatic heterocycles. The molecule has 0 aliphatic rings. The van der Waals surface area contributed by atoms with Gasteiger partial charge in [-0.1, -0.05) is 26.7 Å². The topological polar surface area (TPSA) is 86.2 Å². The van der Waals surface area contributed by atoms with Crippen LogP contribution in [0.25, 0.3) is 0 Å². The molecule has 1 unspecified atom stereocenters. The van der Waals surface area contributed by atoms with Gasteiger partial charge in [-0.15, -0.1) is 0 Å². The number of hydrogen-bond acceptors (Lipinski definition) is 3. The van der Waals surface area contributed by atoms with Crippen LogP contribution < -0.4 is 11.5 Å². The number of unbranched alkanes of at least 4 members (excludes halogenated alkanes) is 1. The highest BCUT2D eigenvalue weighted by Gasteiger charge is 2.37. The van der Waals surface area contributed by atoms with E-state index in [1.165, 1.54) is 0 Å². The Morgan fingerprint density at radius 3 is 2.15 bits per heavy atom. The van der Waals surface area contributed by atoms with Crippen molar-refractivity contribution >= 4 is 11.7 Å². The van der Waals surface area contributed by atoms with E-state index in [0.29, 0.717) is 6.42 Å². The first-order valence-electron chi connectivity index (χ1n) is 4.61. The fraction of sp³-hybridized carbons (Fsp3) is 0.778. The molecule has 0 aromatic carbocycles. The van der Waals surface area contributed by atoms with Gasteiger partial charge in [-0.05, 0) is 6.42 Å². The zero-order valence-electron chi connectivity index (χ0n) is 8.30. The largest absolute Gasteiger partial charge is 0.368 e. The standard InChI is InChI=1S/C9H18N2O2/c1-3-5-6-9(11,8(10)13)7(12)4-2/h3-6,11H2,1-2H3,(H2,10,13). The first-order chi connectivity index (χ1) is 5.99. The summed E-state index contributed by atoms with van der Waals surface area (Å²) >= 11 is 0. The molecule has 0 aliphatic heterocycles. The second-order valence-corrected chi connectivity index (χ2v) is 3.22. The van der Waals surface area contributed by atoms with E-state index < -0.39 is 11.4 Å². The van der Waals surface area contributed by atoms with Crippen LogP contribution in [0.1, 0.15) is 39.5 Å². The van der Waals surface area contributed by atoms with Crippen molar-refractivity contribution in [1.82, 2.24) is 0 Å². The third kappa shape index (κ3) is 2.81. The molecule has 4 N–H and O–H groups in total. The minimum atomic E-state index is -1.44. The van der Waals surface area contributed by atoms with Gasteiger partial charge < -0.3 is 11.5 Å². The van der Waals surface area contributed by atoms with Crippen molar-refractivity contribution < 1.29 is 9.59 Å². The molecule has 13 heavy (non-hydrogen) atoms. The van der Waals surface area contributed by atoms with Gasteiger partial charge in [0.1, 0.15) is 0 Å². The summed E-state index contributed by atoms with van der Waals surface area (Å²) in [5.41, 5.74) is 9.32. The molecule has 0 aromatic rings. The highest BCUT2D eigenvalue weighted by molar-refractivity contribution is 6.09. The van der Waals surface area contributed by atoms with Crippen LogP contribution in [0.15, 0.2) is 0 Å². The monoisotopic (exact) mass is 186 g/mol. The van der Waals surface area contributed by atoms with E-state index in [0.717, 1.165) is 12.8 Å². The second-order valence-electron chi connectivity index (χ2n) is 3.22. The molecule has 0 heterocycles. The molecule has 4 heteroatoms. The Kier molecular flexibility index (Phi) is 4.62. The molecule has 0 radical (unpaired) electrons. The highest BCUT2D eigenvalue weighted by Crippen LogP contribution is 2.13. The van der Waals surface area contributed by atoms with Gasteiger partial charge in [0.05, 0.1) is 0 Å². The van der Waals surface area contributed by atoms with E-state index in [1.807, 2.05) is 6.92 Å². The molecule has 0 saturated heterocycles. The number of carbonyl (C=O) groups excluding carboxylic acids is 2. The molecule has 1 atom stereocenters. The van der Waals surface area contributed by atoms with Gasteiger partial charge in [-0.2, -0.15) is 0 Å². The SMILES string of the molecule is CCCCC(N)(C(N)=O)C(=O)CC. The third-order valence-corrected chi connectivity index (χ3v) is 2.18. The number of hydrogen-bond donors (Lipinski definition) is 2. The number of nitrogens with two attached hydrogens (primary N) is 2. The van der Waals surface area contributed by atoms with Crippen LogP contribution in [-0.2, 0) is 9.59 Å². The zero-order chi connectivity index (χ0) is 10.5. The summed E-state index contributed by atoms with van der Waals surface area (Å²) in [5.74, 6) is -0.985. The highest BCUT2D eigenvalue weighted by atomic mass is 16.2. The Hall–Kier alpha value is -0.900. The maximum atomic E-state index is 11.4. The van der Waals surface area contributed by atoms with Gasteiger partial charge in [0.25, 0.3) is 0 Å². The van der Waals surface area contributed by atoms with Crippen LogP contribution in [-0.4, -0.2) is 17.2 Å². The maximum absolute atomic E-state index is 11.4. The quantitative estimate of drug-likeness (QED) is 0.586. The molecular formula is C9H18N2O2. The lowest BCUT2D eigenvalue weighted by Gasteiger charge is -2.23. The Labute approximate surface area is 78.7 Å². The van der Waals surface area contributed by atoms with Crippen LogP contribution in [0.5, 0.6) is 0 Å². The van der Waals surface area contributed by atoms with Gasteiger partial charge in [-0.3, -0.25) is 9.59 Å². The summed E-state index contributed by atoms with van der Waals surface area (Å²) in [4.78, 5) is 22.4. The Balaban J connectivity index is 4.52. The normalized spacial score (nSPS) is 15.0. The van der Waals surface area contributed by atoms with E-state index in [4.69, 9.17) is 11.5 Å². The molecule has 0 spiro atoms. The summed E-state index contributed by atoms with van der Waals surface area (Å²) < 4.78 is 0. The van der Waals surface area contributed by atoms with Gasteiger partial charge in [0, 0.05) is 6.42 Å². The maximum Gasteiger partial charge on any atom is 0.245 e. The molecule has 4 nitrogen and oxygen atoms in total. The molecule has 0 bridgehead atoms. The smallest absolute Gasteiger partial charge is 0.245 e. The second kappa shape index (κ2) is 4.97. The van der Waals surface area contributed by atoms with Crippen molar-refractivity contribution in [2.24, 2.45) is 11.5 Å². The predicted molar refractivity (Wildman–Crippen MR) is 50.9 cm³/mol. The lowest BCUT2D eigenvalue weighted by Crippen LogP contribution is -2.57. The van der Waals surface area contributed by atoms with Gasteiger partial charge in [-0.25, -0.2) is 0 Å². The van der Waals surface area contributed by atoms with E-state index in [1.54, 1.807) is 6.92 Å². The van der Waals surface area contributed by atoms with Crippen LogP contribution >= 0.6 is 0 Å². The number of rotatable bonds is 6. The Morgan fingerprint density at radius 1 is 1.31 bits per heavy atom. The summed E-state index contributed by atoms with van der Waals surface area (Å²) in [6.07, 6.45) is 2.24. The molecule has 0 saturated carbocycles. The van der Waals surface area contributed by atoms with Crippen molar-refractivity contribution in [3.05, 3.63) is 0 Å². The third-order valence-electron chi connectivity index (χ3n) is 2.18. The summed E-state index contributed by atoms with van der Waals surface area (Å²) in [6.45, 7) is 3.65. The average molecular weight is 186 g/mol. The number of ketones is 1. The summed E-state index contributed by atoms with van der Waals surface area (Å²) in [5, 5.41) is 0. The van der Waals surface area contributed by atoms with Crippen LogP contribution in [0, 0.1) is 0 Å². The fourth-order valence-corrected chi connectivity index (χ4v) is 1.17. The van der Waals surface area contributed by atoms with E-state index in [9.17, 15) is 9.59 Å². The van der Waals surface area contributed by atoms with Gasteiger partial charge >= 0.3 is 0 Å². The molecule has 76 valence electrons. The van der Waals surface area contributed by atoms with E-state index in [2.05, 4.69) is 0 Å². The lowest BCUT2D eigenvalue weighted by atomic mass is 9.87. The molecule has 0 aliphatic carbocycles. The van der Waals surface area contributed by atoms with Crippen molar-refractivity contribution in [2.75, 3.05) is 0 Å². The van der Waals surface area contributed by atoms with E-state index in [-0.39, 0.29) is 12.2 Å². The molecule has 1 amide bonds. The summed E-state index contributed by atoms with van der Waals surface area (Å²) in [7, 11) is 0. The number of amides is 1. The van der Waals surface area contributed by atoms with Crippen LogP contribution in [0.3, 0.4) is 0 Å². The first kappa shape index (κ1) is 12.1. The van der Waals surface area contributed by atoms with Gasteiger partial charge in [0.15, 0.2) is 11.3 Å². The number of Topliss-reactive ketones (excluding diaryl/α,β-unsaturated/α-hetero) is 1. The zero-order valence-corrected chi connectivity index (χ0v) is 8.30. The van der Waals surface area contributed by atoms with Crippen molar-refractivity contribution in [3.8, 4) is 0 Å². The Morgan fingerprint density at radius 2 is 1.85 bits per heavy atom. The fourth-order valence-electron chi connectivity index (χ4n) is 1.17. The lowest BCUT2D eigenvalue weighted by molar-refractivity contribution is -0.134. The first-order valence-corrected chi connectivity index (χ1v) is 4.61. The van der Waals surface area contributed by atoms with Crippen molar-refractivity contribution in [2.45, 2.75) is 45.1 Å². The van der Waals surface area contributed by atoms with Crippen molar-refractivity contribution in [1.29, 1.82) is 0 Å². The number of primary amides is 1. The molecule has 0 rings (SSSR count). The minimum Gasteiger partial charge on any atom is -0.368 e. The van der Waals surface area contributed by atoms with Crippen LogP contribution in [0.2, 0.25) is 0 Å². The van der Waals surface area contributed by atoms with Crippen molar-refractivity contribution in [3.63, 3.8) is 0 Å². The molecule has 0 fully saturated rings. The van der Waals surface area contributed by atoms with E-state index >= 15 is 0 Å².